The maximum Gasteiger partial charge on any atom is 0.253 e. The van der Waals surface area contributed by atoms with Crippen LogP contribution in [0.2, 0.25) is 0 Å². The van der Waals surface area contributed by atoms with Crippen LogP contribution in [0.1, 0.15) is 23.6 Å². The van der Waals surface area contributed by atoms with Crippen molar-refractivity contribution in [3.63, 3.8) is 0 Å². The first-order valence-electron chi connectivity index (χ1n) is 9.72. The summed E-state index contributed by atoms with van der Waals surface area (Å²) in [7, 11) is 1.60. The first-order chi connectivity index (χ1) is 13.6. The predicted octanol–water partition coefficient (Wildman–Crippen LogP) is 2.54. The Balaban J connectivity index is 1.55. The second-order valence-corrected chi connectivity index (χ2v) is 7.72. The number of imide groups is 1. The van der Waals surface area contributed by atoms with Crippen LogP contribution in [0.25, 0.3) is 0 Å². The largest absolute Gasteiger partial charge is 0.497 e. The number of amides is 2. The van der Waals surface area contributed by atoms with Gasteiger partial charge in [0.2, 0.25) is 5.91 Å². The van der Waals surface area contributed by atoms with Crippen molar-refractivity contribution in [1.29, 1.82) is 0 Å². The molecule has 6 nitrogen and oxygen atoms in total. The standard InChI is InChI=1S/C22H23N3O3/c1-14-4-6-15(7-5-14)19-18-20(24-13-3-12-23(19)24)22(27)25(21(18)26)16-8-10-17(28-2)11-9-16/h4-11,18-20H,3,12-13H2,1-2H3/t18-,19+,20+/m1/s1. The third kappa shape index (κ3) is 2.41. The second-order valence-electron chi connectivity index (χ2n) is 7.72. The first-order valence-corrected chi connectivity index (χ1v) is 9.72. The van der Waals surface area contributed by atoms with Gasteiger partial charge in [-0.1, -0.05) is 29.8 Å². The molecular formula is C22H23N3O3. The maximum atomic E-state index is 13.5. The zero-order chi connectivity index (χ0) is 19.4. The lowest BCUT2D eigenvalue weighted by Crippen LogP contribution is -2.44. The van der Waals surface area contributed by atoms with Gasteiger partial charge in [-0.3, -0.25) is 9.59 Å². The molecule has 0 aliphatic carbocycles. The third-order valence-electron chi connectivity index (χ3n) is 6.16. The monoisotopic (exact) mass is 377 g/mol. The van der Waals surface area contributed by atoms with Gasteiger partial charge in [-0.05, 0) is 43.2 Å². The number of benzene rings is 2. The molecule has 0 N–H and O–H groups in total. The Kier molecular flexibility index (Phi) is 4.00. The molecule has 3 saturated heterocycles. The maximum absolute atomic E-state index is 13.5. The van der Waals surface area contributed by atoms with Gasteiger partial charge in [-0.15, -0.1) is 0 Å². The van der Waals surface area contributed by atoms with Crippen LogP contribution in [0.3, 0.4) is 0 Å². The van der Waals surface area contributed by atoms with E-state index in [1.807, 2.05) is 0 Å². The molecule has 2 aromatic rings. The van der Waals surface area contributed by atoms with Crippen molar-refractivity contribution in [3.8, 4) is 5.75 Å². The predicted molar refractivity (Wildman–Crippen MR) is 105 cm³/mol. The number of carbonyl (C=O) groups excluding carboxylic acids is 2. The van der Waals surface area contributed by atoms with Crippen LogP contribution in [-0.2, 0) is 9.59 Å². The molecule has 0 spiro atoms. The van der Waals surface area contributed by atoms with E-state index in [1.54, 1.807) is 31.4 Å². The number of methoxy groups -OCH3 is 1. The summed E-state index contributed by atoms with van der Waals surface area (Å²) in [5, 5.41) is 4.36. The van der Waals surface area contributed by atoms with Gasteiger partial charge in [-0.25, -0.2) is 14.9 Å². The quantitative estimate of drug-likeness (QED) is 0.770. The average Bonchev–Trinajstić information content (AvgIpc) is 3.35. The Morgan fingerprint density at radius 1 is 0.857 bits per heavy atom. The molecule has 6 heteroatoms. The number of hydrogen-bond donors (Lipinski definition) is 0. The van der Waals surface area contributed by atoms with Crippen molar-refractivity contribution in [1.82, 2.24) is 10.0 Å². The highest BCUT2D eigenvalue weighted by Crippen LogP contribution is 2.48. The molecule has 3 atom stereocenters. The molecular weight excluding hydrogens is 354 g/mol. The van der Waals surface area contributed by atoms with E-state index in [4.69, 9.17) is 4.74 Å². The number of nitrogens with zero attached hydrogens (tertiary/aromatic N) is 3. The lowest BCUT2D eigenvalue weighted by molar-refractivity contribution is -0.126. The molecule has 2 amide bonds. The van der Waals surface area contributed by atoms with Crippen LogP contribution in [-0.4, -0.2) is 48.1 Å². The van der Waals surface area contributed by atoms with E-state index >= 15 is 0 Å². The zero-order valence-corrected chi connectivity index (χ0v) is 16.0. The third-order valence-corrected chi connectivity index (χ3v) is 6.16. The Hall–Kier alpha value is -2.70. The van der Waals surface area contributed by atoms with Crippen molar-refractivity contribution < 1.29 is 14.3 Å². The van der Waals surface area contributed by atoms with Crippen LogP contribution >= 0.6 is 0 Å². The molecule has 5 rings (SSSR count). The summed E-state index contributed by atoms with van der Waals surface area (Å²) in [5.41, 5.74) is 2.89. The van der Waals surface area contributed by atoms with Gasteiger partial charge in [0.25, 0.3) is 5.91 Å². The van der Waals surface area contributed by atoms with E-state index in [2.05, 4.69) is 41.2 Å². The van der Waals surface area contributed by atoms with Crippen molar-refractivity contribution in [2.24, 2.45) is 5.92 Å². The minimum Gasteiger partial charge on any atom is -0.497 e. The molecule has 28 heavy (non-hydrogen) atoms. The number of anilines is 1. The van der Waals surface area contributed by atoms with Crippen molar-refractivity contribution in [2.45, 2.75) is 25.4 Å². The molecule has 0 aromatic heterocycles. The molecule has 3 heterocycles. The molecule has 3 fully saturated rings. The number of fused-ring (bicyclic) bond motifs is 3. The van der Waals surface area contributed by atoms with Gasteiger partial charge in [0, 0.05) is 13.1 Å². The number of hydrazine groups is 1. The number of rotatable bonds is 3. The second kappa shape index (κ2) is 6.43. The van der Waals surface area contributed by atoms with Crippen molar-refractivity contribution >= 4 is 17.5 Å². The van der Waals surface area contributed by atoms with Crippen LogP contribution in [0.5, 0.6) is 5.75 Å². The lowest BCUT2D eigenvalue weighted by atomic mass is 9.89. The van der Waals surface area contributed by atoms with Gasteiger partial charge >= 0.3 is 0 Å². The fraction of sp³-hybridized carbons (Fsp3) is 0.364. The van der Waals surface area contributed by atoms with Crippen LogP contribution < -0.4 is 9.64 Å². The normalized spacial score (nSPS) is 27.4. The summed E-state index contributed by atoms with van der Waals surface area (Å²) in [6.07, 6.45) is 1.01. The summed E-state index contributed by atoms with van der Waals surface area (Å²) >= 11 is 0. The molecule has 0 unspecified atom stereocenters. The highest BCUT2D eigenvalue weighted by atomic mass is 16.5. The highest BCUT2D eigenvalue weighted by Gasteiger charge is 2.62. The smallest absolute Gasteiger partial charge is 0.253 e. The molecule has 3 aliphatic rings. The van der Waals surface area contributed by atoms with Crippen molar-refractivity contribution in [2.75, 3.05) is 25.1 Å². The summed E-state index contributed by atoms with van der Waals surface area (Å²) in [6, 6.07) is 14.9. The Bertz CT molecular complexity index is 925. The van der Waals surface area contributed by atoms with Gasteiger partial charge in [-0.2, -0.15) is 0 Å². The lowest BCUT2D eigenvalue weighted by Gasteiger charge is -2.29. The summed E-state index contributed by atoms with van der Waals surface area (Å²) in [5.74, 6) is 0.0886. The van der Waals surface area contributed by atoms with Gasteiger partial charge in [0.1, 0.15) is 11.8 Å². The molecule has 3 aliphatic heterocycles. The topological polar surface area (TPSA) is 53.1 Å². The zero-order valence-electron chi connectivity index (χ0n) is 16.0. The van der Waals surface area contributed by atoms with Gasteiger partial charge in [0.05, 0.1) is 24.8 Å². The van der Waals surface area contributed by atoms with Crippen LogP contribution in [0, 0.1) is 12.8 Å². The van der Waals surface area contributed by atoms with E-state index in [1.165, 1.54) is 10.5 Å². The van der Waals surface area contributed by atoms with Crippen molar-refractivity contribution in [3.05, 3.63) is 59.7 Å². The SMILES string of the molecule is COc1ccc(N2C(=O)[C@H]3[C@@H](C2=O)N2CCCN2[C@H]3c2ccc(C)cc2)cc1. The van der Waals surface area contributed by atoms with E-state index in [0.29, 0.717) is 11.4 Å². The molecule has 0 bridgehead atoms. The molecule has 0 radical (unpaired) electrons. The van der Waals surface area contributed by atoms with Crippen LogP contribution in [0.15, 0.2) is 48.5 Å². The van der Waals surface area contributed by atoms with Gasteiger partial charge in [0.15, 0.2) is 0 Å². The number of carbonyl (C=O) groups is 2. The summed E-state index contributed by atoms with van der Waals surface area (Å²) in [6.45, 7) is 3.76. The fourth-order valence-electron chi connectivity index (χ4n) is 4.86. The van der Waals surface area contributed by atoms with E-state index in [0.717, 1.165) is 25.1 Å². The Morgan fingerprint density at radius 2 is 1.50 bits per heavy atom. The minimum absolute atomic E-state index is 0.0900. The molecule has 2 aromatic carbocycles. The number of hydrogen-bond acceptors (Lipinski definition) is 5. The number of ether oxygens (including phenoxy) is 1. The molecule has 0 saturated carbocycles. The summed E-state index contributed by atoms with van der Waals surface area (Å²) < 4.78 is 5.20. The van der Waals surface area contributed by atoms with E-state index in [9.17, 15) is 9.59 Å². The molecule has 144 valence electrons. The highest BCUT2D eigenvalue weighted by molar-refractivity contribution is 6.24. The minimum atomic E-state index is -0.414. The number of aryl methyl sites for hydroxylation is 1. The van der Waals surface area contributed by atoms with E-state index in [-0.39, 0.29) is 23.8 Å². The Morgan fingerprint density at radius 3 is 2.14 bits per heavy atom. The van der Waals surface area contributed by atoms with Gasteiger partial charge < -0.3 is 4.74 Å². The average molecular weight is 377 g/mol. The fourth-order valence-corrected chi connectivity index (χ4v) is 4.86. The van der Waals surface area contributed by atoms with Crippen LogP contribution in [0.4, 0.5) is 5.69 Å². The first kappa shape index (κ1) is 17.4. The Labute approximate surface area is 164 Å². The van der Waals surface area contributed by atoms with E-state index < -0.39 is 6.04 Å². The summed E-state index contributed by atoms with van der Waals surface area (Å²) in [4.78, 5) is 28.2.